The molecule has 116 valence electrons. The molecule has 0 aliphatic carbocycles. The van der Waals surface area contributed by atoms with Crippen LogP contribution in [0.2, 0.25) is 0 Å². The highest BCUT2D eigenvalue weighted by Gasteiger charge is 2.18. The molecule has 1 aliphatic heterocycles. The second-order valence-electron chi connectivity index (χ2n) is 6.18. The number of nitrogens with two attached hydrogens (primary N) is 1. The molecule has 3 nitrogen and oxygen atoms in total. The fraction of sp³-hybridized carbons (Fsp3) is 0.562. The van der Waals surface area contributed by atoms with E-state index in [1.165, 1.54) is 6.07 Å². The minimum absolute atomic E-state index is 0.248. The standard InChI is InChI=1S/C16H24FN3S/c1-12(2)10-19-3-5-20(6-4-19)11-13-7-14(16(18)21)9-15(17)8-13/h7-9,12H,3-6,10-11H2,1-2H3,(H2,18,21). The summed E-state index contributed by atoms with van der Waals surface area (Å²) in [6, 6.07) is 4.86. The molecular weight excluding hydrogens is 285 g/mol. The monoisotopic (exact) mass is 309 g/mol. The number of rotatable bonds is 5. The van der Waals surface area contributed by atoms with Gasteiger partial charge in [0.15, 0.2) is 0 Å². The van der Waals surface area contributed by atoms with Gasteiger partial charge >= 0.3 is 0 Å². The summed E-state index contributed by atoms with van der Waals surface area (Å²) in [5.41, 5.74) is 7.14. The van der Waals surface area contributed by atoms with E-state index in [2.05, 4.69) is 23.6 Å². The molecule has 2 rings (SSSR count). The maximum absolute atomic E-state index is 13.6. The molecule has 0 atom stereocenters. The van der Waals surface area contributed by atoms with Crippen molar-refractivity contribution in [3.8, 4) is 0 Å². The molecule has 1 aromatic rings. The Morgan fingerprint density at radius 3 is 2.38 bits per heavy atom. The van der Waals surface area contributed by atoms with Crippen LogP contribution >= 0.6 is 12.2 Å². The van der Waals surface area contributed by atoms with Gasteiger partial charge in [0, 0.05) is 44.8 Å². The molecule has 1 aromatic carbocycles. The van der Waals surface area contributed by atoms with E-state index in [-0.39, 0.29) is 10.8 Å². The molecule has 21 heavy (non-hydrogen) atoms. The summed E-state index contributed by atoms with van der Waals surface area (Å²) in [5, 5.41) is 0. The molecule has 0 saturated carbocycles. The highest BCUT2D eigenvalue weighted by Crippen LogP contribution is 2.14. The van der Waals surface area contributed by atoms with Crippen molar-refractivity contribution >= 4 is 17.2 Å². The molecule has 0 radical (unpaired) electrons. The molecule has 2 N–H and O–H groups in total. The van der Waals surface area contributed by atoms with Gasteiger partial charge in [-0.2, -0.15) is 0 Å². The number of hydrogen-bond donors (Lipinski definition) is 1. The summed E-state index contributed by atoms with van der Waals surface area (Å²) in [6.07, 6.45) is 0. The van der Waals surface area contributed by atoms with Crippen molar-refractivity contribution in [1.29, 1.82) is 0 Å². The van der Waals surface area contributed by atoms with Crippen molar-refractivity contribution in [2.75, 3.05) is 32.7 Å². The molecule has 0 spiro atoms. The number of benzene rings is 1. The Morgan fingerprint density at radius 2 is 1.81 bits per heavy atom. The second kappa shape index (κ2) is 7.29. The van der Waals surface area contributed by atoms with Gasteiger partial charge in [-0.15, -0.1) is 0 Å². The van der Waals surface area contributed by atoms with E-state index in [0.29, 0.717) is 11.5 Å². The zero-order valence-electron chi connectivity index (χ0n) is 12.8. The van der Waals surface area contributed by atoms with Gasteiger partial charge in [0.05, 0.1) is 0 Å². The summed E-state index contributed by atoms with van der Waals surface area (Å²) in [6.45, 7) is 10.6. The lowest BCUT2D eigenvalue weighted by Crippen LogP contribution is -2.46. The second-order valence-corrected chi connectivity index (χ2v) is 6.62. The van der Waals surface area contributed by atoms with Crippen molar-refractivity contribution in [3.05, 3.63) is 35.1 Å². The summed E-state index contributed by atoms with van der Waals surface area (Å²) < 4.78 is 13.6. The predicted molar refractivity (Wildman–Crippen MR) is 88.8 cm³/mol. The van der Waals surface area contributed by atoms with Crippen LogP contribution in [0.25, 0.3) is 0 Å². The van der Waals surface area contributed by atoms with E-state index in [1.54, 1.807) is 6.07 Å². The number of thiocarbonyl (C=S) groups is 1. The Hall–Kier alpha value is -1.04. The largest absolute Gasteiger partial charge is 0.389 e. The Labute approximate surface area is 131 Å². The number of piperazine rings is 1. The lowest BCUT2D eigenvalue weighted by molar-refractivity contribution is 0.117. The average Bonchev–Trinajstić information content (AvgIpc) is 2.39. The minimum Gasteiger partial charge on any atom is -0.389 e. The molecule has 1 heterocycles. The van der Waals surface area contributed by atoms with E-state index in [9.17, 15) is 4.39 Å². The maximum atomic E-state index is 13.6. The molecule has 0 bridgehead atoms. The van der Waals surface area contributed by atoms with Crippen molar-refractivity contribution < 1.29 is 4.39 Å². The van der Waals surface area contributed by atoms with Crippen LogP contribution in [0.5, 0.6) is 0 Å². The van der Waals surface area contributed by atoms with Gasteiger partial charge in [-0.3, -0.25) is 4.90 Å². The Kier molecular flexibility index (Phi) is 5.67. The first-order chi connectivity index (χ1) is 9.94. The van der Waals surface area contributed by atoms with Crippen LogP contribution in [0.4, 0.5) is 4.39 Å². The number of nitrogens with zero attached hydrogens (tertiary/aromatic N) is 2. The number of halogens is 1. The van der Waals surface area contributed by atoms with Gasteiger partial charge in [-0.1, -0.05) is 26.1 Å². The smallest absolute Gasteiger partial charge is 0.124 e. The molecule has 1 saturated heterocycles. The van der Waals surface area contributed by atoms with Crippen LogP contribution in [0, 0.1) is 11.7 Å². The van der Waals surface area contributed by atoms with Crippen LogP contribution < -0.4 is 5.73 Å². The fourth-order valence-corrected chi connectivity index (χ4v) is 2.91. The van der Waals surface area contributed by atoms with Crippen molar-refractivity contribution in [2.45, 2.75) is 20.4 Å². The zero-order chi connectivity index (χ0) is 15.4. The topological polar surface area (TPSA) is 32.5 Å². The molecule has 5 heteroatoms. The van der Waals surface area contributed by atoms with Crippen LogP contribution in [-0.2, 0) is 6.54 Å². The normalized spacial score (nSPS) is 17.3. The van der Waals surface area contributed by atoms with Gasteiger partial charge in [-0.25, -0.2) is 4.39 Å². The van der Waals surface area contributed by atoms with Gasteiger partial charge in [0.25, 0.3) is 0 Å². The third kappa shape index (κ3) is 5.02. The first-order valence-corrected chi connectivity index (χ1v) is 7.89. The van der Waals surface area contributed by atoms with Gasteiger partial charge in [0.2, 0.25) is 0 Å². The van der Waals surface area contributed by atoms with E-state index >= 15 is 0 Å². The van der Waals surface area contributed by atoms with Gasteiger partial charge in [0.1, 0.15) is 10.8 Å². The van der Waals surface area contributed by atoms with Crippen molar-refractivity contribution in [3.63, 3.8) is 0 Å². The predicted octanol–water partition coefficient (Wildman–Crippen LogP) is 2.23. The van der Waals surface area contributed by atoms with Crippen LogP contribution in [-0.4, -0.2) is 47.5 Å². The number of hydrogen-bond acceptors (Lipinski definition) is 3. The maximum Gasteiger partial charge on any atom is 0.124 e. The first kappa shape index (κ1) is 16.3. The SMILES string of the molecule is CC(C)CN1CCN(Cc2cc(F)cc(C(N)=S)c2)CC1. The van der Waals surface area contributed by atoms with Gasteiger partial charge < -0.3 is 10.6 Å². The van der Waals surface area contributed by atoms with E-state index in [1.807, 2.05) is 6.07 Å². The quantitative estimate of drug-likeness (QED) is 0.846. The third-order valence-electron chi connectivity index (χ3n) is 3.74. The summed E-state index contributed by atoms with van der Waals surface area (Å²) in [4.78, 5) is 5.10. The molecule has 0 amide bonds. The van der Waals surface area contributed by atoms with E-state index in [0.717, 1.165) is 44.8 Å². The summed E-state index contributed by atoms with van der Waals surface area (Å²) in [5.74, 6) is 0.432. The Morgan fingerprint density at radius 1 is 1.19 bits per heavy atom. The van der Waals surface area contributed by atoms with E-state index < -0.39 is 0 Å². The minimum atomic E-state index is -0.270. The Balaban J connectivity index is 1.93. The highest BCUT2D eigenvalue weighted by atomic mass is 32.1. The summed E-state index contributed by atoms with van der Waals surface area (Å²) in [7, 11) is 0. The lowest BCUT2D eigenvalue weighted by Gasteiger charge is -2.35. The van der Waals surface area contributed by atoms with Crippen LogP contribution in [0.1, 0.15) is 25.0 Å². The van der Waals surface area contributed by atoms with Crippen molar-refractivity contribution in [1.82, 2.24) is 9.80 Å². The zero-order valence-corrected chi connectivity index (χ0v) is 13.6. The summed E-state index contributed by atoms with van der Waals surface area (Å²) >= 11 is 4.93. The lowest BCUT2D eigenvalue weighted by atomic mass is 10.1. The van der Waals surface area contributed by atoms with E-state index in [4.69, 9.17) is 18.0 Å². The molecule has 1 fully saturated rings. The fourth-order valence-electron chi connectivity index (χ4n) is 2.79. The third-order valence-corrected chi connectivity index (χ3v) is 3.97. The molecule has 0 unspecified atom stereocenters. The molecular formula is C16H24FN3S. The Bertz CT molecular complexity index is 496. The van der Waals surface area contributed by atoms with Gasteiger partial charge in [-0.05, 0) is 29.7 Å². The van der Waals surface area contributed by atoms with Crippen LogP contribution in [0.15, 0.2) is 18.2 Å². The average molecular weight is 309 g/mol. The molecule has 1 aliphatic rings. The molecule has 0 aromatic heterocycles. The van der Waals surface area contributed by atoms with Crippen molar-refractivity contribution in [2.24, 2.45) is 11.7 Å². The first-order valence-electron chi connectivity index (χ1n) is 7.48. The van der Waals surface area contributed by atoms with Crippen LogP contribution in [0.3, 0.4) is 0 Å². The highest BCUT2D eigenvalue weighted by molar-refractivity contribution is 7.80.